The number of nitrogens with zero attached hydrogens (tertiary/aromatic N) is 3. The van der Waals surface area contributed by atoms with Crippen molar-refractivity contribution in [1.29, 1.82) is 0 Å². The van der Waals surface area contributed by atoms with Gasteiger partial charge in [0.2, 0.25) is 0 Å². The van der Waals surface area contributed by atoms with Gasteiger partial charge in [-0.15, -0.1) is 0 Å². The number of hydrogen-bond acceptors (Lipinski definition) is 3. The van der Waals surface area contributed by atoms with Gasteiger partial charge in [0.15, 0.2) is 0 Å². The molecule has 0 unspecified atom stereocenters. The van der Waals surface area contributed by atoms with Crippen molar-refractivity contribution in [3.8, 4) is 0 Å². The van der Waals surface area contributed by atoms with E-state index in [1.165, 1.54) is 6.33 Å². The van der Waals surface area contributed by atoms with Crippen LogP contribution >= 0.6 is 0 Å². The normalized spacial score (nSPS) is 10.9. The van der Waals surface area contributed by atoms with Crippen LogP contribution in [0.25, 0.3) is 0 Å². The zero-order valence-electron chi connectivity index (χ0n) is 14.7. The summed E-state index contributed by atoms with van der Waals surface area (Å²) < 4.78 is 1.75. The number of nitrogens with one attached hydrogen (secondary N) is 1. The molecule has 1 heterocycles. The van der Waals surface area contributed by atoms with Crippen LogP contribution in [-0.4, -0.2) is 20.7 Å². The monoisotopic (exact) mass is 334 g/mol. The van der Waals surface area contributed by atoms with Crippen molar-refractivity contribution in [3.05, 3.63) is 77.4 Å². The maximum atomic E-state index is 12.6. The van der Waals surface area contributed by atoms with Crippen LogP contribution in [0.3, 0.4) is 0 Å². The highest BCUT2D eigenvalue weighted by Crippen LogP contribution is 2.27. The summed E-state index contributed by atoms with van der Waals surface area (Å²) in [7, 11) is 0. The van der Waals surface area contributed by atoms with Crippen molar-refractivity contribution in [2.45, 2.75) is 33.2 Å². The molecule has 0 fully saturated rings. The maximum absolute atomic E-state index is 12.6. The highest BCUT2D eigenvalue weighted by atomic mass is 16.1. The number of aromatic nitrogens is 3. The van der Waals surface area contributed by atoms with E-state index in [0.29, 0.717) is 18.0 Å². The number of aryl methyl sites for hydroxylation is 1. The van der Waals surface area contributed by atoms with E-state index in [0.717, 1.165) is 22.4 Å². The van der Waals surface area contributed by atoms with Gasteiger partial charge in [0.1, 0.15) is 12.7 Å². The molecule has 0 saturated heterocycles. The van der Waals surface area contributed by atoms with Gasteiger partial charge in [0, 0.05) is 11.3 Å². The van der Waals surface area contributed by atoms with E-state index in [9.17, 15) is 4.79 Å². The third-order valence-corrected chi connectivity index (χ3v) is 4.19. The van der Waals surface area contributed by atoms with Crippen LogP contribution in [0, 0.1) is 6.92 Å². The molecule has 0 atom stereocenters. The first-order valence-corrected chi connectivity index (χ1v) is 8.37. The number of anilines is 1. The van der Waals surface area contributed by atoms with Crippen molar-refractivity contribution in [1.82, 2.24) is 14.8 Å². The largest absolute Gasteiger partial charge is 0.321 e. The van der Waals surface area contributed by atoms with Gasteiger partial charge >= 0.3 is 0 Å². The molecule has 0 bridgehead atoms. The van der Waals surface area contributed by atoms with Gasteiger partial charge in [-0.3, -0.25) is 4.79 Å². The van der Waals surface area contributed by atoms with Crippen LogP contribution in [-0.2, 0) is 6.54 Å². The van der Waals surface area contributed by atoms with Crippen LogP contribution in [0.2, 0.25) is 0 Å². The molecule has 0 spiro atoms. The molecule has 2 aromatic carbocycles. The minimum atomic E-state index is -0.0940. The predicted molar refractivity (Wildman–Crippen MR) is 98.8 cm³/mol. The molecule has 25 heavy (non-hydrogen) atoms. The van der Waals surface area contributed by atoms with Gasteiger partial charge in [-0.1, -0.05) is 44.2 Å². The Labute approximate surface area is 147 Å². The summed E-state index contributed by atoms with van der Waals surface area (Å²) >= 11 is 0. The van der Waals surface area contributed by atoms with E-state index in [-0.39, 0.29) is 5.91 Å². The Kier molecular flexibility index (Phi) is 4.93. The lowest BCUT2D eigenvalue weighted by atomic mass is 9.98. The molecular weight excluding hydrogens is 312 g/mol. The second-order valence-electron chi connectivity index (χ2n) is 6.44. The van der Waals surface area contributed by atoms with Crippen molar-refractivity contribution in [3.63, 3.8) is 0 Å². The van der Waals surface area contributed by atoms with Gasteiger partial charge < -0.3 is 5.32 Å². The molecule has 128 valence electrons. The molecule has 3 rings (SSSR count). The Hall–Kier alpha value is -2.95. The third-order valence-electron chi connectivity index (χ3n) is 4.19. The minimum Gasteiger partial charge on any atom is -0.321 e. The van der Waals surface area contributed by atoms with E-state index in [1.54, 1.807) is 11.0 Å². The van der Waals surface area contributed by atoms with E-state index in [1.807, 2.05) is 43.3 Å². The van der Waals surface area contributed by atoms with Crippen molar-refractivity contribution >= 4 is 11.6 Å². The number of rotatable bonds is 5. The summed E-state index contributed by atoms with van der Waals surface area (Å²) in [6.45, 7) is 6.91. The van der Waals surface area contributed by atoms with Crippen molar-refractivity contribution < 1.29 is 4.79 Å². The zero-order chi connectivity index (χ0) is 17.8. The summed E-state index contributed by atoms with van der Waals surface area (Å²) in [5.41, 5.74) is 4.84. The fraction of sp³-hybridized carbons (Fsp3) is 0.250. The van der Waals surface area contributed by atoms with Gasteiger partial charge in [0.25, 0.3) is 5.91 Å². The first-order valence-electron chi connectivity index (χ1n) is 8.37. The molecule has 1 amide bonds. The molecule has 0 saturated carbocycles. The van der Waals surface area contributed by atoms with Crippen LogP contribution in [0.1, 0.15) is 46.8 Å². The summed E-state index contributed by atoms with van der Waals surface area (Å²) in [6.07, 6.45) is 3.18. The highest BCUT2D eigenvalue weighted by Gasteiger charge is 2.13. The number of benzene rings is 2. The molecule has 0 radical (unpaired) electrons. The molecule has 0 aliphatic rings. The quantitative estimate of drug-likeness (QED) is 0.767. The van der Waals surface area contributed by atoms with Crippen molar-refractivity contribution in [2.24, 2.45) is 0 Å². The average molecular weight is 334 g/mol. The number of amides is 1. The fourth-order valence-electron chi connectivity index (χ4n) is 2.79. The van der Waals surface area contributed by atoms with E-state index < -0.39 is 0 Å². The van der Waals surface area contributed by atoms with E-state index >= 15 is 0 Å². The third kappa shape index (κ3) is 3.94. The molecule has 5 nitrogen and oxygen atoms in total. The molecular formula is C20H22N4O. The lowest BCUT2D eigenvalue weighted by Crippen LogP contribution is -2.15. The lowest BCUT2D eigenvalue weighted by Gasteiger charge is -2.16. The SMILES string of the molecule is Cc1cccc(C(C)C)c1NC(=O)c1ccc(Cn2cncn2)cc1. The van der Waals surface area contributed by atoms with Crippen molar-refractivity contribution in [2.75, 3.05) is 5.32 Å². The van der Waals surface area contributed by atoms with Gasteiger partial charge in [-0.2, -0.15) is 5.10 Å². The smallest absolute Gasteiger partial charge is 0.255 e. The lowest BCUT2D eigenvalue weighted by molar-refractivity contribution is 0.102. The van der Waals surface area contributed by atoms with E-state index in [2.05, 4.69) is 35.3 Å². The van der Waals surface area contributed by atoms with Crippen LogP contribution in [0.5, 0.6) is 0 Å². The second-order valence-corrected chi connectivity index (χ2v) is 6.44. The average Bonchev–Trinajstić information content (AvgIpc) is 3.10. The summed E-state index contributed by atoms with van der Waals surface area (Å²) in [4.78, 5) is 16.6. The topological polar surface area (TPSA) is 59.8 Å². The number of hydrogen-bond donors (Lipinski definition) is 1. The fourth-order valence-corrected chi connectivity index (χ4v) is 2.79. The van der Waals surface area contributed by atoms with Crippen LogP contribution in [0.15, 0.2) is 55.1 Å². The van der Waals surface area contributed by atoms with Gasteiger partial charge in [0.05, 0.1) is 6.54 Å². The molecule has 3 aromatic rings. The zero-order valence-corrected chi connectivity index (χ0v) is 14.7. The Morgan fingerprint density at radius 1 is 1.16 bits per heavy atom. The summed E-state index contributed by atoms with van der Waals surface area (Å²) in [5.74, 6) is 0.253. The molecule has 1 aromatic heterocycles. The second kappa shape index (κ2) is 7.30. The summed E-state index contributed by atoms with van der Waals surface area (Å²) in [6, 6.07) is 13.7. The van der Waals surface area contributed by atoms with Gasteiger partial charge in [-0.25, -0.2) is 9.67 Å². The molecule has 1 N–H and O–H groups in total. The number of carbonyl (C=O) groups excluding carboxylic acids is 1. The van der Waals surface area contributed by atoms with E-state index in [4.69, 9.17) is 0 Å². The Morgan fingerprint density at radius 3 is 2.56 bits per heavy atom. The Bertz CT molecular complexity index is 852. The number of para-hydroxylation sites is 1. The molecule has 5 heteroatoms. The first-order chi connectivity index (χ1) is 12.0. The highest BCUT2D eigenvalue weighted by molar-refractivity contribution is 6.05. The molecule has 0 aliphatic carbocycles. The minimum absolute atomic E-state index is 0.0940. The standard InChI is InChI=1S/C20H22N4O/c1-14(2)18-6-4-5-15(3)19(18)23-20(25)17-9-7-16(8-10-17)11-24-13-21-12-22-24/h4-10,12-14H,11H2,1-3H3,(H,23,25). The first kappa shape index (κ1) is 16.9. The Morgan fingerprint density at radius 2 is 1.92 bits per heavy atom. The Balaban J connectivity index is 1.76. The van der Waals surface area contributed by atoms with Crippen LogP contribution in [0.4, 0.5) is 5.69 Å². The van der Waals surface area contributed by atoms with Gasteiger partial charge in [-0.05, 0) is 41.7 Å². The number of carbonyl (C=O) groups is 1. The maximum Gasteiger partial charge on any atom is 0.255 e. The molecule has 0 aliphatic heterocycles. The summed E-state index contributed by atoms with van der Waals surface area (Å²) in [5, 5.41) is 7.16. The predicted octanol–water partition coefficient (Wildman–Crippen LogP) is 4.01. The van der Waals surface area contributed by atoms with Crippen LogP contribution < -0.4 is 5.32 Å².